The predicted molar refractivity (Wildman–Crippen MR) is 76.4 cm³/mol. The van der Waals surface area contributed by atoms with Gasteiger partial charge in [0.2, 0.25) is 0 Å². The first-order valence-electron chi connectivity index (χ1n) is 6.75. The highest BCUT2D eigenvalue weighted by molar-refractivity contribution is 6.33. The molecule has 2 atom stereocenters. The van der Waals surface area contributed by atoms with Crippen LogP contribution < -0.4 is 4.90 Å². The zero-order valence-electron chi connectivity index (χ0n) is 11.0. The number of nitro groups is 1. The van der Waals surface area contributed by atoms with Crippen LogP contribution in [0.3, 0.4) is 0 Å². The first kappa shape index (κ1) is 12.6. The van der Waals surface area contributed by atoms with Gasteiger partial charge in [0.15, 0.2) is 0 Å². The van der Waals surface area contributed by atoms with E-state index >= 15 is 0 Å². The summed E-state index contributed by atoms with van der Waals surface area (Å²) in [6.45, 7) is 0. The summed E-state index contributed by atoms with van der Waals surface area (Å²) in [4.78, 5) is 16.7. The SMILES string of the molecule is O=[N+]([O-])c1cnc(N2C3CCC2c2cn[nH]c2C3)c(Cl)c1. The Morgan fingerprint density at radius 1 is 1.43 bits per heavy atom. The molecule has 1 saturated heterocycles. The average molecular weight is 306 g/mol. The van der Waals surface area contributed by atoms with Crippen LogP contribution in [0.2, 0.25) is 5.02 Å². The fraction of sp³-hybridized carbons (Fsp3) is 0.385. The lowest BCUT2D eigenvalue weighted by molar-refractivity contribution is -0.385. The van der Waals surface area contributed by atoms with E-state index in [2.05, 4.69) is 20.1 Å². The summed E-state index contributed by atoms with van der Waals surface area (Å²) >= 11 is 6.23. The standard InChI is InChI=1S/C13H12ClN5O2/c14-10-3-8(19(20)21)5-15-13(10)18-7-1-2-12(18)9-6-16-17-11(9)4-7/h3,5-7,12H,1-2,4H2,(H,16,17). The van der Waals surface area contributed by atoms with Crippen molar-refractivity contribution in [2.24, 2.45) is 0 Å². The van der Waals surface area contributed by atoms with Gasteiger partial charge >= 0.3 is 0 Å². The van der Waals surface area contributed by atoms with Gasteiger partial charge in [0, 0.05) is 29.8 Å². The van der Waals surface area contributed by atoms with Gasteiger partial charge in [-0.3, -0.25) is 15.2 Å². The molecule has 2 unspecified atom stereocenters. The molecule has 0 amide bonds. The van der Waals surface area contributed by atoms with Crippen molar-refractivity contribution in [1.29, 1.82) is 0 Å². The molecular formula is C13H12ClN5O2. The number of anilines is 1. The molecule has 8 heteroatoms. The maximum Gasteiger partial charge on any atom is 0.289 e. The molecule has 0 radical (unpaired) electrons. The van der Waals surface area contributed by atoms with Gasteiger partial charge in [-0.2, -0.15) is 5.10 Å². The smallest absolute Gasteiger partial charge is 0.289 e. The molecule has 2 aromatic rings. The minimum absolute atomic E-state index is 0.0860. The van der Waals surface area contributed by atoms with Crippen LogP contribution in [0.5, 0.6) is 0 Å². The molecule has 7 nitrogen and oxygen atoms in total. The second-order valence-corrected chi connectivity index (χ2v) is 5.83. The van der Waals surface area contributed by atoms with Crippen LogP contribution in [0.15, 0.2) is 18.5 Å². The Balaban J connectivity index is 1.77. The van der Waals surface area contributed by atoms with Crippen LogP contribution in [-0.4, -0.2) is 26.1 Å². The van der Waals surface area contributed by atoms with Gasteiger partial charge in [-0.05, 0) is 12.8 Å². The van der Waals surface area contributed by atoms with E-state index in [1.54, 1.807) is 0 Å². The van der Waals surface area contributed by atoms with Gasteiger partial charge in [0.1, 0.15) is 12.0 Å². The van der Waals surface area contributed by atoms with E-state index in [1.807, 2.05) is 6.20 Å². The predicted octanol–water partition coefficient (Wildman–Crippen LogP) is 2.63. The monoisotopic (exact) mass is 305 g/mol. The number of aromatic amines is 1. The fourth-order valence-corrected chi connectivity index (χ4v) is 3.69. The van der Waals surface area contributed by atoms with Crippen molar-refractivity contribution in [3.8, 4) is 0 Å². The molecule has 0 saturated carbocycles. The number of aromatic nitrogens is 3. The van der Waals surface area contributed by atoms with E-state index in [4.69, 9.17) is 11.6 Å². The largest absolute Gasteiger partial charge is 0.345 e. The molecule has 2 bridgehead atoms. The van der Waals surface area contributed by atoms with Crippen molar-refractivity contribution in [3.05, 3.63) is 44.9 Å². The summed E-state index contributed by atoms with van der Waals surface area (Å²) in [5.41, 5.74) is 2.27. The summed E-state index contributed by atoms with van der Waals surface area (Å²) in [6, 6.07) is 1.88. The van der Waals surface area contributed by atoms with E-state index in [0.29, 0.717) is 16.9 Å². The van der Waals surface area contributed by atoms with Crippen molar-refractivity contribution in [3.63, 3.8) is 0 Å². The number of hydrogen-bond donors (Lipinski definition) is 1. The first-order valence-corrected chi connectivity index (χ1v) is 7.13. The van der Waals surface area contributed by atoms with Gasteiger partial charge < -0.3 is 4.90 Å². The minimum atomic E-state index is -0.484. The van der Waals surface area contributed by atoms with E-state index in [0.717, 1.165) is 19.3 Å². The van der Waals surface area contributed by atoms with E-state index in [1.165, 1.54) is 23.5 Å². The lowest BCUT2D eigenvalue weighted by atomic mass is 10.0. The number of pyridine rings is 1. The van der Waals surface area contributed by atoms with Crippen molar-refractivity contribution in [2.45, 2.75) is 31.3 Å². The third-order valence-corrected chi connectivity index (χ3v) is 4.59. The Morgan fingerprint density at radius 2 is 2.29 bits per heavy atom. The average Bonchev–Trinajstić information content (AvgIpc) is 3.04. The van der Waals surface area contributed by atoms with Gasteiger partial charge in [0.05, 0.1) is 22.2 Å². The summed E-state index contributed by atoms with van der Waals surface area (Å²) in [7, 11) is 0. The third-order valence-electron chi connectivity index (χ3n) is 4.32. The molecule has 108 valence electrons. The zero-order valence-corrected chi connectivity index (χ0v) is 11.7. The Hall–Kier alpha value is -2.15. The summed E-state index contributed by atoms with van der Waals surface area (Å²) in [6.07, 6.45) is 6.08. The Kier molecular flexibility index (Phi) is 2.65. The molecule has 0 aromatic carbocycles. The minimum Gasteiger partial charge on any atom is -0.345 e. The number of halogens is 1. The second kappa shape index (κ2) is 4.42. The summed E-state index contributed by atoms with van der Waals surface area (Å²) < 4.78 is 0. The van der Waals surface area contributed by atoms with Crippen LogP contribution in [0, 0.1) is 10.1 Å². The topological polar surface area (TPSA) is 87.9 Å². The highest BCUT2D eigenvalue weighted by Crippen LogP contribution is 2.46. The van der Waals surface area contributed by atoms with Crippen molar-refractivity contribution < 1.29 is 4.92 Å². The lowest BCUT2D eigenvalue weighted by Crippen LogP contribution is -2.38. The number of fused-ring (bicyclic) bond motifs is 4. The molecule has 1 N–H and O–H groups in total. The summed E-state index contributed by atoms with van der Waals surface area (Å²) in [5, 5.41) is 18.3. The molecule has 2 aliphatic heterocycles. The van der Waals surface area contributed by atoms with Gasteiger partial charge in [0.25, 0.3) is 5.69 Å². The van der Waals surface area contributed by atoms with Crippen molar-refractivity contribution in [2.75, 3.05) is 4.90 Å². The van der Waals surface area contributed by atoms with Crippen LogP contribution in [0.4, 0.5) is 11.5 Å². The maximum absolute atomic E-state index is 10.8. The molecule has 2 aromatic heterocycles. The quantitative estimate of drug-likeness (QED) is 0.680. The molecule has 0 spiro atoms. The number of nitrogens with zero attached hydrogens (tertiary/aromatic N) is 4. The molecule has 0 aliphatic carbocycles. The normalized spacial score (nSPS) is 23.2. The van der Waals surface area contributed by atoms with Crippen molar-refractivity contribution in [1.82, 2.24) is 15.2 Å². The molecular weight excluding hydrogens is 294 g/mol. The zero-order chi connectivity index (χ0) is 14.6. The molecule has 2 aliphatic rings. The van der Waals surface area contributed by atoms with Crippen LogP contribution >= 0.6 is 11.6 Å². The molecule has 4 heterocycles. The number of nitrogens with one attached hydrogen (secondary N) is 1. The van der Waals surface area contributed by atoms with Crippen LogP contribution in [-0.2, 0) is 6.42 Å². The van der Waals surface area contributed by atoms with E-state index in [9.17, 15) is 10.1 Å². The highest BCUT2D eigenvalue weighted by atomic mass is 35.5. The van der Waals surface area contributed by atoms with Gasteiger partial charge in [-0.15, -0.1) is 0 Å². The van der Waals surface area contributed by atoms with Crippen molar-refractivity contribution >= 4 is 23.1 Å². The number of hydrogen-bond acceptors (Lipinski definition) is 5. The maximum atomic E-state index is 10.8. The summed E-state index contributed by atoms with van der Waals surface area (Å²) in [5.74, 6) is 0.626. The third kappa shape index (κ3) is 1.80. The Labute approximate surface area is 125 Å². The number of H-pyrrole nitrogens is 1. The van der Waals surface area contributed by atoms with Crippen LogP contribution in [0.1, 0.15) is 30.1 Å². The molecule has 4 rings (SSSR count). The second-order valence-electron chi connectivity index (χ2n) is 5.42. The highest BCUT2D eigenvalue weighted by Gasteiger charge is 2.42. The lowest BCUT2D eigenvalue weighted by Gasteiger charge is -2.35. The van der Waals surface area contributed by atoms with E-state index in [-0.39, 0.29) is 11.7 Å². The molecule has 1 fully saturated rings. The van der Waals surface area contributed by atoms with E-state index < -0.39 is 4.92 Å². The Morgan fingerprint density at radius 3 is 3.05 bits per heavy atom. The first-order chi connectivity index (χ1) is 10.1. The number of rotatable bonds is 2. The van der Waals surface area contributed by atoms with Crippen LogP contribution in [0.25, 0.3) is 0 Å². The fourth-order valence-electron chi connectivity index (χ4n) is 3.43. The Bertz CT molecular complexity index is 731. The van der Waals surface area contributed by atoms with Gasteiger partial charge in [-0.1, -0.05) is 11.6 Å². The molecule has 21 heavy (non-hydrogen) atoms. The van der Waals surface area contributed by atoms with Gasteiger partial charge in [-0.25, -0.2) is 4.98 Å².